The molecule has 0 aromatic heterocycles. The number of nitrogens with one attached hydrogen (secondary N) is 1. The molecular formula is C19H15BrN2O3S. The predicted octanol–water partition coefficient (Wildman–Crippen LogP) is 3.60. The molecule has 1 fully saturated rings. The summed E-state index contributed by atoms with van der Waals surface area (Å²) in [4.78, 5) is 26.5. The van der Waals surface area contributed by atoms with Gasteiger partial charge < -0.3 is 4.74 Å². The van der Waals surface area contributed by atoms with E-state index in [1.165, 1.54) is 11.0 Å². The molecular weight excluding hydrogens is 416 g/mol. The summed E-state index contributed by atoms with van der Waals surface area (Å²) in [5, 5.41) is 2.64. The van der Waals surface area contributed by atoms with Crippen molar-refractivity contribution in [1.82, 2.24) is 5.32 Å². The van der Waals surface area contributed by atoms with E-state index in [4.69, 9.17) is 17.0 Å². The second-order valence-corrected chi connectivity index (χ2v) is 6.93. The summed E-state index contributed by atoms with van der Waals surface area (Å²) in [5.74, 6) is -0.320. The van der Waals surface area contributed by atoms with Crippen LogP contribution in [0.5, 0.6) is 5.75 Å². The number of nitrogens with zero attached hydrogens (tertiary/aromatic N) is 1. The monoisotopic (exact) mass is 430 g/mol. The first-order chi connectivity index (χ1) is 12.4. The molecule has 2 aromatic carbocycles. The van der Waals surface area contributed by atoms with Gasteiger partial charge >= 0.3 is 0 Å². The highest BCUT2D eigenvalue weighted by atomic mass is 79.9. The number of rotatable bonds is 3. The van der Waals surface area contributed by atoms with Crippen LogP contribution < -0.4 is 15.0 Å². The third-order valence-corrected chi connectivity index (χ3v) is 4.79. The Balaban J connectivity index is 1.99. The fraction of sp³-hybridized carbons (Fsp3) is 0.105. The zero-order valence-corrected chi connectivity index (χ0v) is 16.5. The van der Waals surface area contributed by atoms with E-state index in [0.717, 1.165) is 10.0 Å². The molecule has 2 aromatic rings. The summed E-state index contributed by atoms with van der Waals surface area (Å²) in [6.45, 7) is 1.95. The van der Waals surface area contributed by atoms with Crippen LogP contribution in [0, 0.1) is 6.92 Å². The Hall–Kier alpha value is -2.51. The van der Waals surface area contributed by atoms with E-state index in [-0.39, 0.29) is 10.7 Å². The predicted molar refractivity (Wildman–Crippen MR) is 108 cm³/mol. The highest BCUT2D eigenvalue weighted by Crippen LogP contribution is 2.28. The van der Waals surface area contributed by atoms with Gasteiger partial charge in [-0.15, -0.1) is 0 Å². The zero-order chi connectivity index (χ0) is 18.8. The number of carbonyl (C=O) groups excluding carboxylic acids is 2. The van der Waals surface area contributed by atoms with Crippen molar-refractivity contribution in [2.45, 2.75) is 6.92 Å². The van der Waals surface area contributed by atoms with Gasteiger partial charge in [-0.3, -0.25) is 19.8 Å². The van der Waals surface area contributed by atoms with Crippen LogP contribution in [0.2, 0.25) is 0 Å². The first-order valence-corrected chi connectivity index (χ1v) is 8.92. The van der Waals surface area contributed by atoms with Crippen molar-refractivity contribution in [3.8, 4) is 5.75 Å². The minimum absolute atomic E-state index is 0.0104. The normalized spacial score (nSPS) is 16.0. The van der Waals surface area contributed by atoms with Crippen LogP contribution >= 0.6 is 28.1 Å². The molecule has 0 aliphatic carbocycles. The van der Waals surface area contributed by atoms with Gasteiger partial charge in [0.15, 0.2) is 5.11 Å². The van der Waals surface area contributed by atoms with Crippen molar-refractivity contribution in [1.29, 1.82) is 0 Å². The first-order valence-electron chi connectivity index (χ1n) is 7.72. The Morgan fingerprint density at radius 1 is 1.15 bits per heavy atom. The second-order valence-electron chi connectivity index (χ2n) is 5.69. The first kappa shape index (κ1) is 18.3. The summed E-state index contributed by atoms with van der Waals surface area (Å²) in [6, 6.07) is 12.6. The molecule has 7 heteroatoms. The summed E-state index contributed by atoms with van der Waals surface area (Å²) >= 11 is 8.59. The number of methoxy groups -OCH3 is 1. The van der Waals surface area contributed by atoms with Gasteiger partial charge in [0.1, 0.15) is 11.3 Å². The molecule has 0 bridgehead atoms. The fourth-order valence-electron chi connectivity index (χ4n) is 2.52. The maximum absolute atomic E-state index is 12.9. The van der Waals surface area contributed by atoms with Gasteiger partial charge in [-0.25, -0.2) is 0 Å². The molecule has 1 saturated heterocycles. The molecule has 1 aliphatic heterocycles. The Morgan fingerprint density at radius 3 is 2.46 bits per heavy atom. The van der Waals surface area contributed by atoms with Gasteiger partial charge in [0.2, 0.25) is 0 Å². The number of anilines is 1. The van der Waals surface area contributed by atoms with Crippen LogP contribution in [-0.2, 0) is 9.59 Å². The van der Waals surface area contributed by atoms with Gasteiger partial charge in [-0.2, -0.15) is 0 Å². The number of thiocarbonyl (C=S) groups is 1. The Labute approximate surface area is 164 Å². The molecule has 0 spiro atoms. The summed E-state index contributed by atoms with van der Waals surface area (Å²) in [7, 11) is 1.57. The maximum Gasteiger partial charge on any atom is 0.270 e. The third-order valence-electron chi connectivity index (χ3n) is 3.88. The standard InChI is InChI=1S/C19H15BrN2O3S/c1-11-3-6-13(7-4-11)22-18(24)14(17(23)21-19(22)26)9-12-5-8-16(25-2)15(20)10-12/h3-10H,1-2H3,(H,21,23,26)/b14-9+. The van der Waals surface area contributed by atoms with Gasteiger partial charge in [-0.1, -0.05) is 23.8 Å². The average molecular weight is 431 g/mol. The zero-order valence-electron chi connectivity index (χ0n) is 14.1. The summed E-state index contributed by atoms with van der Waals surface area (Å²) < 4.78 is 5.92. The quantitative estimate of drug-likeness (QED) is 0.459. The van der Waals surface area contributed by atoms with Crippen LogP contribution in [0.1, 0.15) is 11.1 Å². The lowest BCUT2D eigenvalue weighted by molar-refractivity contribution is -0.122. The number of benzene rings is 2. The van der Waals surface area contributed by atoms with Crippen molar-refractivity contribution >= 4 is 56.8 Å². The smallest absolute Gasteiger partial charge is 0.270 e. The molecule has 5 nitrogen and oxygen atoms in total. The highest BCUT2D eigenvalue weighted by Gasteiger charge is 2.34. The van der Waals surface area contributed by atoms with Crippen molar-refractivity contribution in [2.24, 2.45) is 0 Å². The number of carbonyl (C=O) groups is 2. The minimum atomic E-state index is -0.518. The number of hydrogen-bond donors (Lipinski definition) is 1. The van der Waals surface area contributed by atoms with E-state index in [0.29, 0.717) is 17.0 Å². The molecule has 26 heavy (non-hydrogen) atoms. The topological polar surface area (TPSA) is 58.6 Å². The lowest BCUT2D eigenvalue weighted by Gasteiger charge is -2.29. The summed E-state index contributed by atoms with van der Waals surface area (Å²) in [6.07, 6.45) is 1.53. The fourth-order valence-corrected chi connectivity index (χ4v) is 3.36. The maximum atomic E-state index is 12.9. The van der Waals surface area contributed by atoms with E-state index in [2.05, 4.69) is 21.2 Å². The molecule has 1 aliphatic rings. The van der Waals surface area contributed by atoms with Crippen LogP contribution in [-0.4, -0.2) is 24.0 Å². The van der Waals surface area contributed by atoms with Gasteiger partial charge in [0.25, 0.3) is 11.8 Å². The van der Waals surface area contributed by atoms with Crippen molar-refractivity contribution in [2.75, 3.05) is 12.0 Å². The van der Waals surface area contributed by atoms with Crippen LogP contribution in [0.3, 0.4) is 0 Å². The second kappa shape index (κ2) is 7.39. The van der Waals surface area contributed by atoms with Gasteiger partial charge in [0.05, 0.1) is 17.3 Å². The molecule has 2 amide bonds. The number of halogens is 1. The molecule has 1 N–H and O–H groups in total. The van der Waals surface area contributed by atoms with E-state index in [9.17, 15) is 9.59 Å². The average Bonchev–Trinajstić information content (AvgIpc) is 2.60. The van der Waals surface area contributed by atoms with Gasteiger partial charge in [-0.05, 0) is 71.0 Å². The van der Waals surface area contributed by atoms with Crippen LogP contribution in [0.25, 0.3) is 6.08 Å². The number of aryl methyl sites for hydroxylation is 1. The molecule has 132 valence electrons. The SMILES string of the molecule is COc1ccc(/C=C2\C(=O)NC(=S)N(c3ccc(C)cc3)C2=O)cc1Br. The van der Waals surface area contributed by atoms with Crippen LogP contribution in [0.15, 0.2) is 52.5 Å². The lowest BCUT2D eigenvalue weighted by Crippen LogP contribution is -2.54. The Kier molecular flexibility index (Phi) is 5.20. The molecule has 1 heterocycles. The van der Waals surface area contributed by atoms with Crippen molar-refractivity contribution in [3.05, 3.63) is 63.6 Å². The summed E-state index contributed by atoms with van der Waals surface area (Å²) in [5.41, 5.74) is 2.36. The van der Waals surface area contributed by atoms with E-state index in [1.807, 2.05) is 19.1 Å². The van der Waals surface area contributed by atoms with Gasteiger partial charge in [0, 0.05) is 0 Å². The Bertz CT molecular complexity index is 938. The number of ether oxygens (including phenoxy) is 1. The largest absolute Gasteiger partial charge is 0.496 e. The van der Waals surface area contributed by atoms with Crippen LogP contribution in [0.4, 0.5) is 5.69 Å². The molecule has 3 rings (SSSR count). The lowest BCUT2D eigenvalue weighted by atomic mass is 10.1. The highest BCUT2D eigenvalue weighted by molar-refractivity contribution is 9.10. The number of hydrogen-bond acceptors (Lipinski definition) is 4. The number of amides is 2. The minimum Gasteiger partial charge on any atom is -0.496 e. The van der Waals surface area contributed by atoms with E-state index < -0.39 is 11.8 Å². The molecule has 0 atom stereocenters. The van der Waals surface area contributed by atoms with Crippen molar-refractivity contribution in [3.63, 3.8) is 0 Å². The van der Waals surface area contributed by atoms with Crippen molar-refractivity contribution < 1.29 is 14.3 Å². The molecule has 0 unspecified atom stereocenters. The molecule has 0 saturated carbocycles. The van der Waals surface area contributed by atoms with E-state index >= 15 is 0 Å². The molecule has 0 radical (unpaired) electrons. The Morgan fingerprint density at radius 2 is 1.85 bits per heavy atom. The van der Waals surface area contributed by atoms with E-state index in [1.54, 1.807) is 37.4 Å². The third kappa shape index (κ3) is 3.54.